The van der Waals surface area contributed by atoms with Crippen molar-refractivity contribution in [3.8, 4) is 0 Å². The first-order chi connectivity index (χ1) is 7.33. The second-order valence-corrected chi connectivity index (χ2v) is 4.88. The van der Waals surface area contributed by atoms with E-state index in [-0.39, 0.29) is 0 Å². The Bertz CT molecular complexity index is 147. The number of ether oxygens (including phenoxy) is 2. The number of hydrogen-bond donors (Lipinski definition) is 0. The maximum Gasteiger partial charge on any atom is 0.0495 e. The van der Waals surface area contributed by atoms with Crippen LogP contribution in [-0.4, -0.2) is 32.3 Å². The average molecular weight is 235 g/mol. The number of alkyl halides is 1. The normalized spacial score (nSPS) is 20.4. The fourth-order valence-corrected chi connectivity index (χ4v) is 2.15. The zero-order valence-electron chi connectivity index (χ0n) is 9.71. The molecule has 3 heteroatoms. The molecule has 0 N–H and O–H groups in total. The summed E-state index contributed by atoms with van der Waals surface area (Å²) in [6.45, 7) is 5.86. The van der Waals surface area contributed by atoms with E-state index in [2.05, 4.69) is 6.92 Å². The molecule has 0 bridgehead atoms. The van der Waals surface area contributed by atoms with Gasteiger partial charge in [0, 0.05) is 32.3 Å². The Balaban J connectivity index is 1.91. The first-order valence-corrected chi connectivity index (χ1v) is 6.58. The van der Waals surface area contributed by atoms with E-state index in [1.165, 1.54) is 0 Å². The van der Waals surface area contributed by atoms with Gasteiger partial charge in [0.15, 0.2) is 0 Å². The van der Waals surface area contributed by atoms with Gasteiger partial charge < -0.3 is 9.47 Å². The Morgan fingerprint density at radius 3 is 2.73 bits per heavy atom. The highest BCUT2D eigenvalue weighted by atomic mass is 35.5. The van der Waals surface area contributed by atoms with Gasteiger partial charge in [-0.2, -0.15) is 0 Å². The van der Waals surface area contributed by atoms with Gasteiger partial charge in [0.05, 0.1) is 0 Å². The molecule has 0 spiro atoms. The summed E-state index contributed by atoms with van der Waals surface area (Å²) in [7, 11) is 0. The Morgan fingerprint density at radius 1 is 1.33 bits per heavy atom. The maximum atomic E-state index is 5.69. The van der Waals surface area contributed by atoms with Gasteiger partial charge in [-0.3, -0.25) is 0 Å². The van der Waals surface area contributed by atoms with Crippen molar-refractivity contribution in [3.63, 3.8) is 0 Å². The summed E-state index contributed by atoms with van der Waals surface area (Å²) < 4.78 is 11.0. The highest BCUT2D eigenvalue weighted by molar-refractivity contribution is 6.17. The molecule has 1 unspecified atom stereocenters. The Morgan fingerprint density at radius 2 is 2.07 bits per heavy atom. The van der Waals surface area contributed by atoms with Gasteiger partial charge in [-0.05, 0) is 37.5 Å². The topological polar surface area (TPSA) is 18.5 Å². The van der Waals surface area contributed by atoms with E-state index in [1.807, 2.05) is 0 Å². The third-order valence-electron chi connectivity index (χ3n) is 3.05. The van der Waals surface area contributed by atoms with E-state index in [0.29, 0.717) is 5.92 Å². The molecular weight excluding hydrogens is 212 g/mol. The van der Waals surface area contributed by atoms with Crippen molar-refractivity contribution in [2.75, 3.05) is 32.3 Å². The summed E-state index contributed by atoms with van der Waals surface area (Å²) in [5, 5.41) is 0. The lowest BCUT2D eigenvalue weighted by Gasteiger charge is -2.22. The predicted octanol–water partition coefficient (Wildman–Crippen LogP) is 3.08. The van der Waals surface area contributed by atoms with Crippen LogP contribution in [0.3, 0.4) is 0 Å². The van der Waals surface area contributed by atoms with E-state index >= 15 is 0 Å². The van der Waals surface area contributed by atoms with E-state index in [0.717, 1.165) is 63.9 Å². The van der Waals surface area contributed by atoms with Crippen molar-refractivity contribution in [2.24, 2.45) is 11.8 Å². The van der Waals surface area contributed by atoms with Crippen molar-refractivity contribution in [1.29, 1.82) is 0 Å². The summed E-state index contributed by atoms with van der Waals surface area (Å²) in [6.07, 6.45) is 4.56. The third kappa shape index (κ3) is 6.39. The van der Waals surface area contributed by atoms with Gasteiger partial charge in [0.2, 0.25) is 0 Å². The number of rotatable bonds is 7. The molecule has 1 rings (SSSR count). The molecule has 0 aromatic rings. The molecule has 0 saturated carbocycles. The van der Waals surface area contributed by atoms with E-state index in [4.69, 9.17) is 21.1 Å². The zero-order chi connectivity index (χ0) is 10.9. The molecule has 1 fully saturated rings. The van der Waals surface area contributed by atoms with Crippen LogP contribution in [0.25, 0.3) is 0 Å². The van der Waals surface area contributed by atoms with E-state index < -0.39 is 0 Å². The molecule has 0 aromatic heterocycles. The summed E-state index contributed by atoms with van der Waals surface area (Å²) in [5.74, 6) is 2.18. The SMILES string of the molecule is CC(CCCl)CCOCC1CCOCC1. The lowest BCUT2D eigenvalue weighted by molar-refractivity contribution is 0.0180. The average Bonchev–Trinajstić information content (AvgIpc) is 2.26. The minimum atomic E-state index is 0.692. The first kappa shape index (κ1) is 13.3. The van der Waals surface area contributed by atoms with Gasteiger partial charge in [-0.25, -0.2) is 0 Å². The Labute approximate surface area is 98.3 Å². The largest absolute Gasteiger partial charge is 0.381 e. The fourth-order valence-electron chi connectivity index (χ4n) is 1.78. The van der Waals surface area contributed by atoms with Crippen molar-refractivity contribution in [1.82, 2.24) is 0 Å². The highest BCUT2D eigenvalue weighted by Gasteiger charge is 2.13. The molecule has 0 aliphatic carbocycles. The molecule has 1 aliphatic rings. The number of halogens is 1. The minimum absolute atomic E-state index is 0.692. The molecule has 1 saturated heterocycles. The van der Waals surface area contributed by atoms with Gasteiger partial charge in [0.1, 0.15) is 0 Å². The fraction of sp³-hybridized carbons (Fsp3) is 1.00. The van der Waals surface area contributed by atoms with E-state index in [9.17, 15) is 0 Å². The summed E-state index contributed by atoms with van der Waals surface area (Å²) in [6, 6.07) is 0. The summed E-state index contributed by atoms with van der Waals surface area (Å²) in [5.41, 5.74) is 0. The lowest BCUT2D eigenvalue weighted by Crippen LogP contribution is -2.20. The minimum Gasteiger partial charge on any atom is -0.381 e. The van der Waals surface area contributed by atoms with Crippen LogP contribution in [0.1, 0.15) is 32.6 Å². The summed E-state index contributed by atoms with van der Waals surface area (Å²) in [4.78, 5) is 0. The van der Waals surface area contributed by atoms with Gasteiger partial charge in [-0.1, -0.05) is 6.92 Å². The lowest BCUT2D eigenvalue weighted by atomic mass is 10.0. The molecular formula is C12H23ClO2. The second kappa shape index (κ2) is 8.37. The monoisotopic (exact) mass is 234 g/mol. The molecule has 0 radical (unpaired) electrons. The molecule has 0 aromatic carbocycles. The van der Waals surface area contributed by atoms with Crippen LogP contribution in [0.15, 0.2) is 0 Å². The Kier molecular flexibility index (Phi) is 7.41. The highest BCUT2D eigenvalue weighted by Crippen LogP contribution is 2.15. The van der Waals surface area contributed by atoms with Crippen LogP contribution >= 0.6 is 11.6 Å². The van der Waals surface area contributed by atoms with Crippen molar-refractivity contribution >= 4 is 11.6 Å². The smallest absolute Gasteiger partial charge is 0.0495 e. The van der Waals surface area contributed by atoms with Crippen LogP contribution in [0.4, 0.5) is 0 Å². The van der Waals surface area contributed by atoms with Crippen molar-refractivity contribution < 1.29 is 9.47 Å². The third-order valence-corrected chi connectivity index (χ3v) is 3.27. The molecule has 15 heavy (non-hydrogen) atoms. The van der Waals surface area contributed by atoms with Crippen LogP contribution < -0.4 is 0 Å². The Hall–Kier alpha value is 0.210. The van der Waals surface area contributed by atoms with Gasteiger partial charge in [0.25, 0.3) is 0 Å². The second-order valence-electron chi connectivity index (χ2n) is 4.50. The van der Waals surface area contributed by atoms with Crippen LogP contribution in [0, 0.1) is 11.8 Å². The molecule has 0 amide bonds. The van der Waals surface area contributed by atoms with Crippen LogP contribution in [0.5, 0.6) is 0 Å². The molecule has 2 nitrogen and oxygen atoms in total. The molecule has 1 atom stereocenters. The van der Waals surface area contributed by atoms with Gasteiger partial charge >= 0.3 is 0 Å². The molecule has 1 heterocycles. The van der Waals surface area contributed by atoms with E-state index in [1.54, 1.807) is 0 Å². The molecule has 1 aliphatic heterocycles. The summed E-state index contributed by atoms with van der Waals surface area (Å²) >= 11 is 5.68. The predicted molar refractivity (Wildman–Crippen MR) is 63.5 cm³/mol. The standard InChI is InChI=1S/C12H23ClO2/c1-11(2-6-13)3-7-15-10-12-4-8-14-9-5-12/h11-12H,2-10H2,1H3. The van der Waals surface area contributed by atoms with Crippen molar-refractivity contribution in [3.05, 3.63) is 0 Å². The number of hydrogen-bond acceptors (Lipinski definition) is 2. The maximum absolute atomic E-state index is 5.69. The van der Waals surface area contributed by atoms with Crippen molar-refractivity contribution in [2.45, 2.75) is 32.6 Å². The first-order valence-electron chi connectivity index (χ1n) is 6.04. The zero-order valence-corrected chi connectivity index (χ0v) is 10.5. The molecule has 90 valence electrons. The quantitative estimate of drug-likeness (QED) is 0.498. The van der Waals surface area contributed by atoms with Crippen LogP contribution in [0.2, 0.25) is 0 Å². The van der Waals surface area contributed by atoms with Crippen LogP contribution in [-0.2, 0) is 9.47 Å². The van der Waals surface area contributed by atoms with Gasteiger partial charge in [-0.15, -0.1) is 11.6 Å².